The number of hydrogen-bond donors (Lipinski definition) is 2. The number of imide groups is 1. The number of hydrogen-bond acceptors (Lipinski definition) is 6. The molecule has 0 spiro atoms. The standard InChI is InChI=1S/C30H43N5O4/c1-30(2,3)39-29(38)31-22-8-5-19(6-9-22)18-35-15-13-20(14-16-35)21-7-10-23-25(17-21)34(4)33-27(23)24-11-12-26(36)32-28(24)37/h7,10,17,19-20,22,24H,5-6,8-9,11-16,18H2,1-4H3,(H,31,38)(H,32,36,37). The number of carbonyl (C=O) groups excluding carboxylic acids is 3. The zero-order chi connectivity index (χ0) is 27.7. The van der Waals surface area contributed by atoms with Crippen LogP contribution in [0, 0.1) is 5.92 Å². The van der Waals surface area contributed by atoms with Crippen LogP contribution < -0.4 is 10.6 Å². The molecule has 0 bridgehead atoms. The Balaban J connectivity index is 1.12. The summed E-state index contributed by atoms with van der Waals surface area (Å²) in [5, 5.41) is 11.2. The number of benzene rings is 1. The third-order valence-electron chi connectivity index (χ3n) is 8.62. The lowest BCUT2D eigenvalue weighted by Gasteiger charge is -2.37. The van der Waals surface area contributed by atoms with Crippen LogP contribution in [-0.2, 0) is 21.4 Å². The summed E-state index contributed by atoms with van der Waals surface area (Å²) in [5.74, 6) is 0.398. The average molecular weight is 538 g/mol. The maximum atomic E-state index is 12.4. The first kappa shape index (κ1) is 27.6. The summed E-state index contributed by atoms with van der Waals surface area (Å²) in [5.41, 5.74) is 2.70. The molecule has 1 saturated carbocycles. The molecule has 3 fully saturated rings. The smallest absolute Gasteiger partial charge is 0.407 e. The second-order valence-electron chi connectivity index (χ2n) is 12.7. The van der Waals surface area contributed by atoms with Crippen LogP contribution in [0.5, 0.6) is 0 Å². The van der Waals surface area contributed by atoms with Gasteiger partial charge >= 0.3 is 6.09 Å². The van der Waals surface area contributed by atoms with Gasteiger partial charge in [-0.2, -0.15) is 5.10 Å². The van der Waals surface area contributed by atoms with Crippen molar-refractivity contribution < 1.29 is 19.1 Å². The Morgan fingerprint density at radius 3 is 2.46 bits per heavy atom. The topological polar surface area (TPSA) is 106 Å². The van der Waals surface area contributed by atoms with Gasteiger partial charge in [-0.05, 0) is 102 Å². The van der Waals surface area contributed by atoms with Crippen LogP contribution in [0.3, 0.4) is 0 Å². The minimum atomic E-state index is -0.463. The number of nitrogens with zero attached hydrogens (tertiary/aromatic N) is 3. The number of carbonyl (C=O) groups is 3. The molecule has 39 heavy (non-hydrogen) atoms. The third kappa shape index (κ3) is 6.62. The Hall–Kier alpha value is -2.94. The van der Waals surface area contributed by atoms with Crippen LogP contribution in [0.4, 0.5) is 4.79 Å². The Kier molecular flexibility index (Phi) is 7.99. The quantitative estimate of drug-likeness (QED) is 0.549. The van der Waals surface area contributed by atoms with Gasteiger partial charge in [-0.15, -0.1) is 0 Å². The van der Waals surface area contributed by atoms with Crippen molar-refractivity contribution in [2.45, 2.75) is 95.6 Å². The van der Waals surface area contributed by atoms with E-state index in [9.17, 15) is 14.4 Å². The molecule has 3 aliphatic rings. The van der Waals surface area contributed by atoms with E-state index in [2.05, 4.69) is 33.7 Å². The van der Waals surface area contributed by atoms with Crippen molar-refractivity contribution in [2.75, 3.05) is 19.6 Å². The molecule has 2 saturated heterocycles. The Morgan fingerprint density at radius 1 is 1.08 bits per heavy atom. The van der Waals surface area contributed by atoms with E-state index in [0.29, 0.717) is 24.7 Å². The van der Waals surface area contributed by atoms with Gasteiger partial charge in [0.1, 0.15) is 5.60 Å². The molecular formula is C30H43N5O4. The molecule has 1 aromatic carbocycles. The molecular weight excluding hydrogens is 494 g/mol. The highest BCUT2D eigenvalue weighted by Gasteiger charge is 2.32. The van der Waals surface area contributed by atoms with Crippen molar-refractivity contribution in [2.24, 2.45) is 13.0 Å². The lowest BCUT2D eigenvalue weighted by Crippen LogP contribution is -2.43. The average Bonchev–Trinajstić information content (AvgIpc) is 3.20. The molecule has 5 rings (SSSR count). The largest absolute Gasteiger partial charge is 0.444 e. The van der Waals surface area contributed by atoms with Gasteiger partial charge in [0.15, 0.2) is 0 Å². The second kappa shape index (κ2) is 11.3. The lowest BCUT2D eigenvalue weighted by atomic mass is 9.84. The Labute approximate surface area is 231 Å². The fourth-order valence-electron chi connectivity index (χ4n) is 6.55. The van der Waals surface area contributed by atoms with E-state index in [1.54, 1.807) is 0 Å². The van der Waals surface area contributed by atoms with E-state index < -0.39 is 5.60 Å². The Bertz CT molecular complexity index is 1220. The van der Waals surface area contributed by atoms with E-state index in [4.69, 9.17) is 9.84 Å². The highest BCUT2D eigenvalue weighted by atomic mass is 16.6. The van der Waals surface area contributed by atoms with Gasteiger partial charge in [-0.1, -0.05) is 12.1 Å². The van der Waals surface area contributed by atoms with Crippen molar-refractivity contribution in [3.05, 3.63) is 29.5 Å². The summed E-state index contributed by atoms with van der Waals surface area (Å²) in [7, 11) is 1.93. The molecule has 1 aliphatic carbocycles. The zero-order valence-electron chi connectivity index (χ0n) is 23.8. The highest BCUT2D eigenvalue weighted by molar-refractivity contribution is 6.02. The van der Waals surface area contributed by atoms with Crippen molar-refractivity contribution >= 4 is 28.8 Å². The maximum absolute atomic E-state index is 12.4. The summed E-state index contributed by atoms with van der Waals surface area (Å²) in [6, 6.07) is 6.79. The van der Waals surface area contributed by atoms with Crippen molar-refractivity contribution in [1.29, 1.82) is 0 Å². The van der Waals surface area contributed by atoms with E-state index in [1.807, 2.05) is 32.5 Å². The molecule has 2 N–H and O–H groups in total. The summed E-state index contributed by atoms with van der Waals surface area (Å²) in [6.07, 6.45) is 7.17. The van der Waals surface area contributed by atoms with E-state index in [0.717, 1.165) is 74.8 Å². The number of nitrogens with one attached hydrogen (secondary N) is 2. The Morgan fingerprint density at radius 2 is 1.79 bits per heavy atom. The monoisotopic (exact) mass is 537 g/mol. The molecule has 2 aromatic rings. The molecule has 9 nitrogen and oxygen atoms in total. The molecule has 9 heteroatoms. The minimum Gasteiger partial charge on any atom is -0.444 e. The molecule has 3 heterocycles. The second-order valence-corrected chi connectivity index (χ2v) is 12.7. The van der Waals surface area contributed by atoms with Gasteiger partial charge in [-0.25, -0.2) is 4.79 Å². The SMILES string of the molecule is Cn1nc(C2CCC(=O)NC2=O)c2ccc(C3CCN(CC4CCC(NC(=O)OC(C)(C)C)CC4)CC3)cc21. The maximum Gasteiger partial charge on any atom is 0.407 e. The summed E-state index contributed by atoms with van der Waals surface area (Å²) < 4.78 is 7.29. The normalized spacial score (nSPS) is 25.5. The predicted molar refractivity (Wildman–Crippen MR) is 149 cm³/mol. The van der Waals surface area contributed by atoms with E-state index >= 15 is 0 Å². The van der Waals surface area contributed by atoms with Crippen LogP contribution in [-0.4, -0.2) is 63.9 Å². The number of alkyl carbamates (subject to hydrolysis) is 1. The van der Waals surface area contributed by atoms with Crippen LogP contribution in [0.25, 0.3) is 10.9 Å². The molecule has 1 atom stereocenters. The number of likely N-dealkylation sites (tertiary alicyclic amines) is 1. The van der Waals surface area contributed by atoms with Gasteiger partial charge in [0.2, 0.25) is 11.8 Å². The molecule has 0 radical (unpaired) electrons. The van der Waals surface area contributed by atoms with Crippen LogP contribution in [0.1, 0.15) is 95.2 Å². The number of aromatic nitrogens is 2. The van der Waals surface area contributed by atoms with Crippen LogP contribution in [0.2, 0.25) is 0 Å². The van der Waals surface area contributed by atoms with Crippen LogP contribution in [0.15, 0.2) is 18.2 Å². The number of rotatable bonds is 5. The van der Waals surface area contributed by atoms with Gasteiger partial charge in [0.25, 0.3) is 0 Å². The van der Waals surface area contributed by atoms with Gasteiger partial charge in [0, 0.05) is 31.4 Å². The predicted octanol–water partition coefficient (Wildman–Crippen LogP) is 4.36. The first-order valence-corrected chi connectivity index (χ1v) is 14.6. The summed E-state index contributed by atoms with van der Waals surface area (Å²) in [4.78, 5) is 38.7. The van der Waals surface area contributed by atoms with Gasteiger partial charge < -0.3 is 15.0 Å². The molecule has 3 amide bonds. The number of fused-ring (bicyclic) bond motifs is 1. The van der Waals surface area contributed by atoms with Crippen LogP contribution >= 0.6 is 0 Å². The first-order chi connectivity index (χ1) is 18.6. The minimum absolute atomic E-state index is 0.201. The van der Waals surface area contributed by atoms with Crippen molar-refractivity contribution in [1.82, 2.24) is 25.3 Å². The lowest BCUT2D eigenvalue weighted by molar-refractivity contribution is -0.134. The van der Waals surface area contributed by atoms with E-state index in [1.165, 1.54) is 5.56 Å². The third-order valence-corrected chi connectivity index (χ3v) is 8.62. The number of ether oxygens (including phenoxy) is 1. The highest BCUT2D eigenvalue weighted by Crippen LogP contribution is 2.35. The molecule has 1 aromatic heterocycles. The molecule has 1 unspecified atom stereocenters. The van der Waals surface area contributed by atoms with Gasteiger partial charge in [-0.3, -0.25) is 19.6 Å². The van der Waals surface area contributed by atoms with Crippen molar-refractivity contribution in [3.63, 3.8) is 0 Å². The van der Waals surface area contributed by atoms with E-state index in [-0.39, 0.29) is 29.9 Å². The molecule has 212 valence electrons. The van der Waals surface area contributed by atoms with Crippen molar-refractivity contribution in [3.8, 4) is 0 Å². The zero-order valence-corrected chi connectivity index (χ0v) is 23.8. The number of aryl methyl sites for hydroxylation is 1. The fourth-order valence-corrected chi connectivity index (χ4v) is 6.55. The first-order valence-electron chi connectivity index (χ1n) is 14.6. The number of amides is 3. The fraction of sp³-hybridized carbons (Fsp3) is 0.667. The summed E-state index contributed by atoms with van der Waals surface area (Å²) in [6.45, 7) is 9.02. The summed E-state index contributed by atoms with van der Waals surface area (Å²) >= 11 is 0. The van der Waals surface area contributed by atoms with Gasteiger partial charge in [0.05, 0.1) is 17.1 Å². The molecule has 2 aliphatic heterocycles. The number of piperidine rings is 2.